The van der Waals surface area contributed by atoms with Crippen LogP contribution in [0.3, 0.4) is 0 Å². The van der Waals surface area contributed by atoms with Gasteiger partial charge >= 0.3 is 5.97 Å². The summed E-state index contributed by atoms with van der Waals surface area (Å²) in [6.07, 6.45) is 4.52. The molecular formula is C19H17N3O2. The van der Waals surface area contributed by atoms with E-state index in [9.17, 15) is 4.79 Å². The van der Waals surface area contributed by atoms with Gasteiger partial charge in [-0.25, -0.2) is 4.98 Å². The van der Waals surface area contributed by atoms with E-state index < -0.39 is 12.0 Å². The fraction of sp³-hybridized carbons (Fsp3) is 0.158. The average molecular weight is 319 g/mol. The second-order valence-electron chi connectivity index (χ2n) is 6.04. The number of carboxylic acids is 1. The Morgan fingerprint density at radius 2 is 2.00 bits per heavy atom. The number of imidazole rings is 1. The van der Waals surface area contributed by atoms with Gasteiger partial charge in [0.25, 0.3) is 0 Å². The van der Waals surface area contributed by atoms with Crippen LogP contribution in [0.4, 0.5) is 0 Å². The van der Waals surface area contributed by atoms with Gasteiger partial charge in [0.2, 0.25) is 0 Å². The zero-order valence-electron chi connectivity index (χ0n) is 13.0. The molecule has 2 aromatic carbocycles. The SMILES string of the molecule is N[C@@H](Cc1cncn1-c1cccc2c1Cc1ccccc1-2)C(=O)O. The fourth-order valence-corrected chi connectivity index (χ4v) is 3.37. The lowest BCUT2D eigenvalue weighted by Crippen LogP contribution is -2.32. The second kappa shape index (κ2) is 5.62. The van der Waals surface area contributed by atoms with Crippen molar-refractivity contribution in [2.45, 2.75) is 18.9 Å². The van der Waals surface area contributed by atoms with Crippen molar-refractivity contribution in [2.75, 3.05) is 0 Å². The van der Waals surface area contributed by atoms with Gasteiger partial charge in [0, 0.05) is 24.7 Å². The number of rotatable bonds is 4. The van der Waals surface area contributed by atoms with Crippen LogP contribution in [0.2, 0.25) is 0 Å². The van der Waals surface area contributed by atoms with E-state index in [1.54, 1.807) is 12.5 Å². The summed E-state index contributed by atoms with van der Waals surface area (Å²) < 4.78 is 1.95. The average Bonchev–Trinajstić information content (AvgIpc) is 3.18. The first-order valence-corrected chi connectivity index (χ1v) is 7.85. The molecule has 5 heteroatoms. The smallest absolute Gasteiger partial charge is 0.320 e. The lowest BCUT2D eigenvalue weighted by molar-refractivity contribution is -0.138. The summed E-state index contributed by atoms with van der Waals surface area (Å²) in [6.45, 7) is 0. The molecule has 0 fully saturated rings. The van der Waals surface area contributed by atoms with Gasteiger partial charge in [-0.3, -0.25) is 4.79 Å². The quantitative estimate of drug-likeness (QED) is 0.605. The van der Waals surface area contributed by atoms with Gasteiger partial charge in [0.15, 0.2) is 0 Å². The maximum absolute atomic E-state index is 11.1. The van der Waals surface area contributed by atoms with Crippen molar-refractivity contribution < 1.29 is 9.90 Å². The summed E-state index contributed by atoms with van der Waals surface area (Å²) in [5.74, 6) is -1.01. The van der Waals surface area contributed by atoms with Crippen molar-refractivity contribution in [3.05, 3.63) is 71.8 Å². The molecule has 1 aliphatic rings. The summed E-state index contributed by atoms with van der Waals surface area (Å²) in [5.41, 5.74) is 12.6. The molecule has 1 aliphatic carbocycles. The molecule has 3 N–H and O–H groups in total. The third kappa shape index (κ3) is 2.30. The number of carboxylic acid groups (broad SMARTS) is 1. The van der Waals surface area contributed by atoms with E-state index in [1.807, 2.05) is 16.7 Å². The minimum atomic E-state index is -1.01. The molecule has 24 heavy (non-hydrogen) atoms. The Morgan fingerprint density at radius 3 is 2.83 bits per heavy atom. The fourth-order valence-electron chi connectivity index (χ4n) is 3.37. The highest BCUT2D eigenvalue weighted by Gasteiger charge is 2.23. The summed E-state index contributed by atoms with van der Waals surface area (Å²) in [5, 5.41) is 9.06. The molecule has 0 unspecified atom stereocenters. The van der Waals surface area contributed by atoms with E-state index in [0.29, 0.717) is 0 Å². The maximum Gasteiger partial charge on any atom is 0.320 e. The summed E-state index contributed by atoms with van der Waals surface area (Å²) in [6, 6.07) is 13.7. The largest absolute Gasteiger partial charge is 0.480 e. The number of aliphatic carboxylic acids is 1. The van der Waals surface area contributed by atoms with Crippen LogP contribution in [-0.2, 0) is 17.6 Å². The first kappa shape index (κ1) is 14.7. The number of benzene rings is 2. The molecule has 1 aromatic heterocycles. The minimum absolute atomic E-state index is 0.242. The Morgan fingerprint density at radius 1 is 1.21 bits per heavy atom. The Kier molecular flexibility index (Phi) is 3.43. The van der Waals surface area contributed by atoms with E-state index in [4.69, 9.17) is 10.8 Å². The van der Waals surface area contributed by atoms with Crippen LogP contribution in [0.5, 0.6) is 0 Å². The van der Waals surface area contributed by atoms with Crippen LogP contribution in [0.1, 0.15) is 16.8 Å². The molecule has 120 valence electrons. The Bertz CT molecular complexity index is 930. The summed E-state index contributed by atoms with van der Waals surface area (Å²) >= 11 is 0. The predicted octanol–water partition coefficient (Wildman–Crippen LogP) is 2.40. The lowest BCUT2D eigenvalue weighted by atomic mass is 10.0. The third-order valence-corrected chi connectivity index (χ3v) is 4.55. The van der Waals surface area contributed by atoms with Crippen molar-refractivity contribution >= 4 is 5.97 Å². The number of hydrogen-bond acceptors (Lipinski definition) is 3. The molecule has 0 aliphatic heterocycles. The van der Waals surface area contributed by atoms with Crippen LogP contribution < -0.4 is 5.73 Å². The van der Waals surface area contributed by atoms with Crippen molar-refractivity contribution in [3.8, 4) is 16.8 Å². The first-order chi connectivity index (χ1) is 11.6. The number of aromatic nitrogens is 2. The number of nitrogens with zero attached hydrogens (tertiary/aromatic N) is 2. The van der Waals surface area contributed by atoms with E-state index in [2.05, 4.69) is 35.3 Å². The standard InChI is InChI=1S/C19H17N3O2/c20-17(19(23)24)9-13-10-21-11-22(13)18-7-3-6-15-14-5-2-1-4-12(14)8-16(15)18/h1-7,10-11,17H,8-9,20H2,(H,23,24)/t17-/m0/s1. The maximum atomic E-state index is 11.1. The van der Waals surface area contributed by atoms with Gasteiger partial charge in [-0.15, -0.1) is 0 Å². The molecule has 0 spiro atoms. The molecule has 0 radical (unpaired) electrons. The van der Waals surface area contributed by atoms with Gasteiger partial charge in [0.05, 0.1) is 12.0 Å². The molecule has 4 rings (SSSR count). The van der Waals surface area contributed by atoms with Gasteiger partial charge < -0.3 is 15.4 Å². The van der Waals surface area contributed by atoms with Crippen molar-refractivity contribution in [2.24, 2.45) is 5.73 Å². The second-order valence-corrected chi connectivity index (χ2v) is 6.04. The Balaban J connectivity index is 1.78. The molecule has 0 bridgehead atoms. The monoisotopic (exact) mass is 319 g/mol. The van der Waals surface area contributed by atoms with Crippen LogP contribution >= 0.6 is 0 Å². The molecule has 1 heterocycles. The predicted molar refractivity (Wildman–Crippen MR) is 91.1 cm³/mol. The third-order valence-electron chi connectivity index (χ3n) is 4.55. The van der Waals surface area contributed by atoms with Crippen molar-refractivity contribution in [1.82, 2.24) is 9.55 Å². The number of hydrogen-bond donors (Lipinski definition) is 2. The minimum Gasteiger partial charge on any atom is -0.480 e. The highest BCUT2D eigenvalue weighted by Crippen LogP contribution is 2.39. The molecular weight excluding hydrogens is 302 g/mol. The van der Waals surface area contributed by atoms with Crippen LogP contribution in [-0.4, -0.2) is 26.7 Å². The lowest BCUT2D eigenvalue weighted by Gasteiger charge is -2.14. The molecule has 0 saturated carbocycles. The van der Waals surface area contributed by atoms with Crippen molar-refractivity contribution in [1.29, 1.82) is 0 Å². The molecule has 0 amide bonds. The van der Waals surface area contributed by atoms with Gasteiger partial charge in [-0.1, -0.05) is 36.4 Å². The van der Waals surface area contributed by atoms with Crippen molar-refractivity contribution in [3.63, 3.8) is 0 Å². The van der Waals surface area contributed by atoms with Crippen LogP contribution in [0.25, 0.3) is 16.8 Å². The number of fused-ring (bicyclic) bond motifs is 3. The summed E-state index contributed by atoms with van der Waals surface area (Å²) in [7, 11) is 0. The zero-order chi connectivity index (χ0) is 16.7. The van der Waals surface area contributed by atoms with E-state index in [-0.39, 0.29) is 6.42 Å². The summed E-state index contributed by atoms with van der Waals surface area (Å²) in [4.78, 5) is 15.3. The van der Waals surface area contributed by atoms with Crippen LogP contribution in [0, 0.1) is 0 Å². The molecule has 1 atom stereocenters. The van der Waals surface area contributed by atoms with Crippen LogP contribution in [0.15, 0.2) is 55.0 Å². The number of nitrogens with two attached hydrogens (primary N) is 1. The molecule has 0 saturated heterocycles. The van der Waals surface area contributed by atoms with E-state index in [0.717, 1.165) is 17.8 Å². The molecule has 5 nitrogen and oxygen atoms in total. The Hall–Kier alpha value is -2.92. The first-order valence-electron chi connectivity index (χ1n) is 7.85. The number of carbonyl (C=O) groups is 1. The topological polar surface area (TPSA) is 81.1 Å². The van der Waals surface area contributed by atoms with Gasteiger partial charge in [-0.2, -0.15) is 0 Å². The highest BCUT2D eigenvalue weighted by atomic mass is 16.4. The highest BCUT2D eigenvalue weighted by molar-refractivity contribution is 5.80. The Labute approximate surface area is 139 Å². The zero-order valence-corrected chi connectivity index (χ0v) is 13.0. The van der Waals surface area contributed by atoms with E-state index in [1.165, 1.54) is 22.3 Å². The normalized spacial score (nSPS) is 13.4. The van der Waals surface area contributed by atoms with Gasteiger partial charge in [0.1, 0.15) is 6.04 Å². The molecule has 3 aromatic rings. The van der Waals surface area contributed by atoms with Gasteiger partial charge in [-0.05, 0) is 28.3 Å². The van der Waals surface area contributed by atoms with E-state index >= 15 is 0 Å².